The van der Waals surface area contributed by atoms with Crippen LogP contribution in [-0.4, -0.2) is 10.7 Å². The van der Waals surface area contributed by atoms with Crippen LogP contribution in [0.3, 0.4) is 0 Å². The topological polar surface area (TPSA) is 20.2 Å². The fraction of sp³-hybridized carbons (Fsp3) is 0.867. The van der Waals surface area contributed by atoms with Gasteiger partial charge < -0.3 is 5.11 Å². The lowest BCUT2D eigenvalue weighted by atomic mass is 9.92. The Morgan fingerprint density at radius 2 is 1.69 bits per heavy atom. The molecule has 0 heterocycles. The molecular weight excluding hydrogens is 196 g/mol. The Balaban J connectivity index is 3.52. The van der Waals surface area contributed by atoms with Crippen molar-refractivity contribution < 1.29 is 5.11 Å². The highest BCUT2D eigenvalue weighted by Gasteiger charge is 2.15. The molecule has 0 aromatic heterocycles. The number of rotatable bonds is 8. The van der Waals surface area contributed by atoms with Crippen molar-refractivity contribution in [2.75, 3.05) is 0 Å². The first-order valence-corrected chi connectivity index (χ1v) is 6.57. The molecule has 0 aliphatic rings. The zero-order valence-corrected chi connectivity index (χ0v) is 11.4. The summed E-state index contributed by atoms with van der Waals surface area (Å²) in [5.74, 6) is 4.00. The minimum atomic E-state index is -0.905. The van der Waals surface area contributed by atoms with Crippen LogP contribution in [-0.2, 0) is 0 Å². The van der Waals surface area contributed by atoms with E-state index in [0.29, 0.717) is 0 Å². The quantitative estimate of drug-likeness (QED) is 0.618. The summed E-state index contributed by atoms with van der Waals surface area (Å²) >= 11 is 0. The van der Waals surface area contributed by atoms with Crippen LogP contribution >= 0.6 is 0 Å². The molecule has 1 N–H and O–H groups in total. The third-order valence-corrected chi connectivity index (χ3v) is 3.15. The number of aliphatic hydroxyl groups is 1. The second kappa shape index (κ2) is 7.74. The molecule has 16 heavy (non-hydrogen) atoms. The van der Waals surface area contributed by atoms with Crippen molar-refractivity contribution in [1.82, 2.24) is 0 Å². The molecule has 1 unspecified atom stereocenters. The van der Waals surface area contributed by atoms with Gasteiger partial charge in [0, 0.05) is 0 Å². The second-order valence-electron chi connectivity index (χ2n) is 5.74. The van der Waals surface area contributed by atoms with Gasteiger partial charge in [0.05, 0.1) is 0 Å². The molecular formula is C15H28O. The van der Waals surface area contributed by atoms with Gasteiger partial charge in [-0.2, -0.15) is 0 Å². The Kier molecular flexibility index (Phi) is 7.51. The summed E-state index contributed by atoms with van der Waals surface area (Å²) in [6.07, 6.45) is 12.1. The van der Waals surface area contributed by atoms with E-state index in [2.05, 4.69) is 26.7 Å². The molecule has 0 spiro atoms. The first kappa shape index (κ1) is 15.5. The van der Waals surface area contributed by atoms with Gasteiger partial charge in [-0.1, -0.05) is 52.4 Å². The zero-order chi connectivity index (χ0) is 12.6. The van der Waals surface area contributed by atoms with Crippen molar-refractivity contribution in [3.05, 3.63) is 0 Å². The number of hydrogen-bond donors (Lipinski definition) is 1. The fourth-order valence-corrected chi connectivity index (χ4v) is 1.89. The summed E-state index contributed by atoms with van der Waals surface area (Å²) in [5.41, 5.74) is -0.905. The lowest BCUT2D eigenvalue weighted by Crippen LogP contribution is -2.20. The minimum Gasteiger partial charge on any atom is -0.378 e. The summed E-state index contributed by atoms with van der Waals surface area (Å²) in [6.45, 7) is 8.56. The Bertz CT molecular complexity index is 210. The van der Waals surface area contributed by atoms with Gasteiger partial charge in [-0.25, -0.2) is 0 Å². The van der Waals surface area contributed by atoms with Crippen molar-refractivity contribution in [2.24, 2.45) is 11.8 Å². The predicted molar refractivity (Wildman–Crippen MR) is 71.2 cm³/mol. The molecule has 0 saturated heterocycles. The summed E-state index contributed by atoms with van der Waals surface area (Å²) in [5, 5.41) is 9.65. The lowest BCUT2D eigenvalue weighted by Gasteiger charge is -2.17. The highest BCUT2D eigenvalue weighted by Crippen LogP contribution is 2.20. The van der Waals surface area contributed by atoms with E-state index >= 15 is 0 Å². The average Bonchev–Trinajstić information content (AvgIpc) is 2.17. The molecule has 1 nitrogen and oxygen atoms in total. The summed E-state index contributed by atoms with van der Waals surface area (Å²) in [7, 11) is 0. The van der Waals surface area contributed by atoms with Crippen LogP contribution in [0.2, 0.25) is 0 Å². The molecule has 0 bridgehead atoms. The standard InChI is InChI=1S/C15H28O/c1-6-15(5,16)12-8-11-14(4)10-7-9-13(2)3/h1,13-14,16H,7-12H2,2-5H3/t14-,15?/m1/s1. The molecule has 0 fully saturated rings. The van der Waals surface area contributed by atoms with E-state index in [-0.39, 0.29) is 0 Å². The summed E-state index contributed by atoms with van der Waals surface area (Å²) < 4.78 is 0. The van der Waals surface area contributed by atoms with E-state index in [4.69, 9.17) is 6.42 Å². The Morgan fingerprint density at radius 3 is 2.19 bits per heavy atom. The van der Waals surface area contributed by atoms with Crippen LogP contribution in [0.25, 0.3) is 0 Å². The van der Waals surface area contributed by atoms with E-state index in [1.54, 1.807) is 6.92 Å². The van der Waals surface area contributed by atoms with Crippen molar-refractivity contribution >= 4 is 0 Å². The van der Waals surface area contributed by atoms with E-state index in [9.17, 15) is 5.11 Å². The van der Waals surface area contributed by atoms with Crippen LogP contribution < -0.4 is 0 Å². The van der Waals surface area contributed by atoms with Crippen LogP contribution in [0.1, 0.15) is 66.2 Å². The zero-order valence-electron chi connectivity index (χ0n) is 11.4. The monoisotopic (exact) mass is 224 g/mol. The average molecular weight is 224 g/mol. The van der Waals surface area contributed by atoms with Crippen molar-refractivity contribution in [3.8, 4) is 12.3 Å². The highest BCUT2D eigenvalue weighted by molar-refractivity contribution is 5.03. The molecule has 0 aromatic carbocycles. The third kappa shape index (κ3) is 8.80. The van der Waals surface area contributed by atoms with Crippen LogP contribution in [0.4, 0.5) is 0 Å². The maximum absolute atomic E-state index is 9.65. The summed E-state index contributed by atoms with van der Waals surface area (Å²) in [6, 6.07) is 0. The number of hydrogen-bond acceptors (Lipinski definition) is 1. The van der Waals surface area contributed by atoms with E-state index < -0.39 is 5.60 Å². The van der Waals surface area contributed by atoms with Crippen LogP contribution in [0.15, 0.2) is 0 Å². The van der Waals surface area contributed by atoms with Crippen LogP contribution in [0, 0.1) is 24.2 Å². The van der Waals surface area contributed by atoms with Gasteiger partial charge in [0.1, 0.15) is 5.60 Å². The van der Waals surface area contributed by atoms with Gasteiger partial charge >= 0.3 is 0 Å². The molecule has 1 heteroatoms. The maximum atomic E-state index is 9.65. The molecule has 94 valence electrons. The van der Waals surface area contributed by atoms with Gasteiger partial charge in [0.25, 0.3) is 0 Å². The smallest absolute Gasteiger partial charge is 0.122 e. The first-order valence-electron chi connectivity index (χ1n) is 6.57. The Hall–Kier alpha value is -0.480. The lowest BCUT2D eigenvalue weighted by molar-refractivity contribution is 0.107. The Morgan fingerprint density at radius 1 is 1.12 bits per heavy atom. The van der Waals surface area contributed by atoms with Gasteiger partial charge in [0.15, 0.2) is 0 Å². The fourth-order valence-electron chi connectivity index (χ4n) is 1.89. The molecule has 0 saturated carbocycles. The van der Waals surface area contributed by atoms with Crippen molar-refractivity contribution in [3.63, 3.8) is 0 Å². The molecule has 0 aliphatic carbocycles. The summed E-state index contributed by atoms with van der Waals surface area (Å²) in [4.78, 5) is 0. The maximum Gasteiger partial charge on any atom is 0.122 e. The molecule has 0 radical (unpaired) electrons. The largest absolute Gasteiger partial charge is 0.378 e. The van der Waals surface area contributed by atoms with Crippen LogP contribution in [0.5, 0.6) is 0 Å². The molecule has 0 aromatic rings. The van der Waals surface area contributed by atoms with Gasteiger partial charge in [-0.05, 0) is 31.6 Å². The van der Waals surface area contributed by atoms with E-state index in [0.717, 1.165) is 24.7 Å². The normalized spacial score (nSPS) is 16.8. The van der Waals surface area contributed by atoms with Crippen molar-refractivity contribution in [1.29, 1.82) is 0 Å². The minimum absolute atomic E-state index is 0.720. The van der Waals surface area contributed by atoms with Gasteiger partial charge in [-0.15, -0.1) is 6.42 Å². The highest BCUT2D eigenvalue weighted by atomic mass is 16.3. The third-order valence-electron chi connectivity index (χ3n) is 3.15. The van der Waals surface area contributed by atoms with Crippen molar-refractivity contribution in [2.45, 2.75) is 71.8 Å². The molecule has 0 aliphatic heterocycles. The van der Waals surface area contributed by atoms with Gasteiger partial charge in [-0.3, -0.25) is 0 Å². The van der Waals surface area contributed by atoms with E-state index in [1.807, 2.05) is 0 Å². The first-order chi connectivity index (χ1) is 7.37. The SMILES string of the molecule is C#CC(C)(O)CCC[C@H](C)CCCC(C)C. The van der Waals surface area contributed by atoms with Gasteiger partial charge in [0.2, 0.25) is 0 Å². The predicted octanol–water partition coefficient (Wildman–Crippen LogP) is 4.00. The molecule has 0 rings (SSSR count). The van der Waals surface area contributed by atoms with E-state index in [1.165, 1.54) is 25.7 Å². The molecule has 2 atom stereocenters. The molecule has 0 amide bonds. The second-order valence-corrected chi connectivity index (χ2v) is 5.74. The number of terminal acetylenes is 1. The Labute approximate surface area is 102 Å².